The van der Waals surface area contributed by atoms with Gasteiger partial charge in [-0.05, 0) is 19.4 Å². The van der Waals surface area contributed by atoms with Crippen LogP contribution in [-0.2, 0) is 9.59 Å². The highest BCUT2D eigenvalue weighted by atomic mass is 16.2. The molecule has 1 rings (SSSR count). The van der Waals surface area contributed by atoms with Gasteiger partial charge in [0.1, 0.15) is 0 Å². The maximum Gasteiger partial charge on any atom is 0.239 e. The van der Waals surface area contributed by atoms with Crippen LogP contribution in [0.5, 0.6) is 0 Å². The second kappa shape index (κ2) is 7.53. The predicted molar refractivity (Wildman–Crippen MR) is 74.5 cm³/mol. The van der Waals surface area contributed by atoms with E-state index in [0.717, 1.165) is 5.56 Å². The predicted octanol–water partition coefficient (Wildman–Crippen LogP) is 0.370. The van der Waals surface area contributed by atoms with Crippen molar-refractivity contribution in [3.8, 4) is 0 Å². The second-order valence-electron chi connectivity index (χ2n) is 4.64. The van der Waals surface area contributed by atoms with Crippen LogP contribution in [-0.4, -0.2) is 30.9 Å². The maximum atomic E-state index is 12.0. The van der Waals surface area contributed by atoms with Crippen LogP contribution in [0, 0.1) is 0 Å². The molecule has 0 aliphatic heterocycles. The van der Waals surface area contributed by atoms with Crippen LogP contribution < -0.4 is 16.4 Å². The fourth-order valence-electron chi connectivity index (χ4n) is 1.74. The van der Waals surface area contributed by atoms with Crippen molar-refractivity contribution < 1.29 is 9.59 Å². The zero-order chi connectivity index (χ0) is 14.3. The molecule has 0 aromatic heterocycles. The van der Waals surface area contributed by atoms with Gasteiger partial charge in [0.15, 0.2) is 0 Å². The Labute approximate surface area is 113 Å². The average Bonchev–Trinajstić information content (AvgIpc) is 2.38. The number of benzene rings is 1. The normalized spacial score (nSPS) is 12.0. The Morgan fingerprint density at radius 2 is 1.84 bits per heavy atom. The Balaban J connectivity index is 2.54. The van der Waals surface area contributed by atoms with Gasteiger partial charge in [-0.25, -0.2) is 0 Å². The molecular formula is C14H21N3O2. The summed E-state index contributed by atoms with van der Waals surface area (Å²) in [4.78, 5) is 23.4. The maximum absolute atomic E-state index is 12.0. The number of rotatable bonds is 6. The molecular weight excluding hydrogens is 242 g/mol. The van der Waals surface area contributed by atoms with Crippen molar-refractivity contribution in [1.82, 2.24) is 10.6 Å². The van der Waals surface area contributed by atoms with Crippen LogP contribution in [0.15, 0.2) is 30.3 Å². The van der Waals surface area contributed by atoms with E-state index in [-0.39, 0.29) is 30.9 Å². The highest BCUT2D eigenvalue weighted by Crippen LogP contribution is 2.13. The van der Waals surface area contributed by atoms with Gasteiger partial charge in [-0.1, -0.05) is 30.3 Å². The van der Waals surface area contributed by atoms with E-state index in [9.17, 15) is 9.59 Å². The quantitative estimate of drug-likeness (QED) is 0.693. The molecule has 0 heterocycles. The molecule has 0 saturated carbocycles. The fraction of sp³-hybridized carbons (Fsp3) is 0.429. The Morgan fingerprint density at radius 1 is 1.21 bits per heavy atom. The molecule has 0 bridgehead atoms. The van der Waals surface area contributed by atoms with Crippen LogP contribution in [0.25, 0.3) is 0 Å². The van der Waals surface area contributed by atoms with Gasteiger partial charge in [0, 0.05) is 12.6 Å². The number of amides is 2. The number of hydrogen-bond donors (Lipinski definition) is 3. The number of hydrogen-bond acceptors (Lipinski definition) is 3. The van der Waals surface area contributed by atoms with E-state index in [2.05, 4.69) is 10.6 Å². The van der Waals surface area contributed by atoms with E-state index < -0.39 is 5.92 Å². The van der Waals surface area contributed by atoms with Crippen molar-refractivity contribution in [1.29, 1.82) is 0 Å². The molecule has 104 valence electrons. The summed E-state index contributed by atoms with van der Waals surface area (Å²) in [5.41, 5.74) is 6.48. The molecule has 19 heavy (non-hydrogen) atoms. The first kappa shape index (κ1) is 15.2. The van der Waals surface area contributed by atoms with E-state index in [4.69, 9.17) is 5.73 Å². The summed E-state index contributed by atoms with van der Waals surface area (Å²) in [6.45, 7) is 3.92. The van der Waals surface area contributed by atoms with E-state index in [1.165, 1.54) is 0 Å². The van der Waals surface area contributed by atoms with E-state index in [1.54, 1.807) is 0 Å². The molecule has 1 aromatic carbocycles. The van der Waals surface area contributed by atoms with Crippen LogP contribution in [0.2, 0.25) is 0 Å². The number of carbonyl (C=O) groups excluding carboxylic acids is 2. The number of carbonyl (C=O) groups is 2. The third-order valence-electron chi connectivity index (χ3n) is 2.63. The van der Waals surface area contributed by atoms with Crippen molar-refractivity contribution in [2.45, 2.75) is 25.8 Å². The Kier molecular flexibility index (Phi) is 6.02. The van der Waals surface area contributed by atoms with Crippen molar-refractivity contribution in [2.75, 3.05) is 13.1 Å². The first-order valence-electron chi connectivity index (χ1n) is 6.36. The highest BCUT2D eigenvalue weighted by molar-refractivity contribution is 5.88. The SMILES string of the molecule is CC(C)NC(=O)CNC(=O)C(CN)c1ccccc1. The molecule has 1 unspecified atom stereocenters. The Bertz CT molecular complexity index is 418. The van der Waals surface area contributed by atoms with Crippen LogP contribution >= 0.6 is 0 Å². The van der Waals surface area contributed by atoms with Crippen LogP contribution in [0.4, 0.5) is 0 Å². The lowest BCUT2D eigenvalue weighted by molar-refractivity contribution is -0.127. The molecule has 5 heteroatoms. The fourth-order valence-corrected chi connectivity index (χ4v) is 1.74. The van der Waals surface area contributed by atoms with E-state index in [0.29, 0.717) is 0 Å². The minimum atomic E-state index is -0.423. The second-order valence-corrected chi connectivity index (χ2v) is 4.64. The number of nitrogens with one attached hydrogen (secondary N) is 2. The van der Waals surface area contributed by atoms with Gasteiger partial charge >= 0.3 is 0 Å². The molecule has 1 atom stereocenters. The third-order valence-corrected chi connectivity index (χ3v) is 2.63. The van der Waals surface area contributed by atoms with Crippen molar-refractivity contribution in [2.24, 2.45) is 5.73 Å². The highest BCUT2D eigenvalue weighted by Gasteiger charge is 2.19. The molecule has 4 N–H and O–H groups in total. The van der Waals surface area contributed by atoms with Gasteiger partial charge in [-0.3, -0.25) is 9.59 Å². The van der Waals surface area contributed by atoms with Crippen molar-refractivity contribution in [3.63, 3.8) is 0 Å². The first-order chi connectivity index (χ1) is 9.04. The lowest BCUT2D eigenvalue weighted by atomic mass is 9.98. The summed E-state index contributed by atoms with van der Waals surface area (Å²) in [7, 11) is 0. The molecule has 0 aliphatic carbocycles. The molecule has 0 radical (unpaired) electrons. The smallest absolute Gasteiger partial charge is 0.239 e. The monoisotopic (exact) mass is 263 g/mol. The van der Waals surface area contributed by atoms with Gasteiger partial charge in [0.2, 0.25) is 11.8 Å². The average molecular weight is 263 g/mol. The zero-order valence-electron chi connectivity index (χ0n) is 11.3. The lowest BCUT2D eigenvalue weighted by Crippen LogP contribution is -2.42. The topological polar surface area (TPSA) is 84.2 Å². The summed E-state index contributed by atoms with van der Waals surface area (Å²) >= 11 is 0. The molecule has 0 spiro atoms. The van der Waals surface area contributed by atoms with Crippen LogP contribution in [0.3, 0.4) is 0 Å². The molecule has 0 saturated heterocycles. The standard InChI is InChI=1S/C14H21N3O2/c1-10(2)17-13(18)9-16-14(19)12(8-15)11-6-4-3-5-7-11/h3-7,10,12H,8-9,15H2,1-2H3,(H,16,19)(H,17,18). The zero-order valence-corrected chi connectivity index (χ0v) is 11.3. The van der Waals surface area contributed by atoms with Crippen LogP contribution in [0.1, 0.15) is 25.3 Å². The summed E-state index contributed by atoms with van der Waals surface area (Å²) in [6.07, 6.45) is 0. The van der Waals surface area contributed by atoms with Crippen molar-refractivity contribution in [3.05, 3.63) is 35.9 Å². The lowest BCUT2D eigenvalue weighted by Gasteiger charge is -2.15. The minimum absolute atomic E-state index is 0.0274. The molecule has 0 aliphatic rings. The van der Waals surface area contributed by atoms with Gasteiger partial charge < -0.3 is 16.4 Å². The summed E-state index contributed by atoms with van der Waals surface area (Å²) in [5, 5.41) is 5.32. The first-order valence-corrected chi connectivity index (χ1v) is 6.36. The summed E-state index contributed by atoms with van der Waals surface area (Å²) in [5.74, 6) is -0.854. The largest absolute Gasteiger partial charge is 0.352 e. The third kappa shape index (κ3) is 5.09. The van der Waals surface area contributed by atoms with Crippen molar-refractivity contribution >= 4 is 11.8 Å². The molecule has 1 aromatic rings. The molecule has 0 fully saturated rings. The van der Waals surface area contributed by atoms with Gasteiger partial charge in [0.25, 0.3) is 0 Å². The van der Waals surface area contributed by atoms with Gasteiger partial charge in [-0.2, -0.15) is 0 Å². The van der Waals surface area contributed by atoms with E-state index in [1.807, 2.05) is 44.2 Å². The van der Waals surface area contributed by atoms with E-state index >= 15 is 0 Å². The van der Waals surface area contributed by atoms with Gasteiger partial charge in [-0.15, -0.1) is 0 Å². The van der Waals surface area contributed by atoms with Gasteiger partial charge in [0.05, 0.1) is 12.5 Å². The summed E-state index contributed by atoms with van der Waals surface area (Å²) < 4.78 is 0. The molecule has 2 amide bonds. The minimum Gasteiger partial charge on any atom is -0.352 e. The Hall–Kier alpha value is -1.88. The number of nitrogens with two attached hydrogens (primary N) is 1. The summed E-state index contributed by atoms with van der Waals surface area (Å²) in [6, 6.07) is 9.36. The molecule has 5 nitrogen and oxygen atoms in total. The Morgan fingerprint density at radius 3 is 2.37 bits per heavy atom.